The van der Waals surface area contributed by atoms with Crippen molar-refractivity contribution >= 4 is 29.8 Å². The van der Waals surface area contributed by atoms with Gasteiger partial charge < -0.3 is 4.90 Å². The fourth-order valence-corrected chi connectivity index (χ4v) is 3.16. The van der Waals surface area contributed by atoms with E-state index in [1.165, 1.54) is 0 Å². The van der Waals surface area contributed by atoms with E-state index < -0.39 is 0 Å². The maximum absolute atomic E-state index is 12.2. The SMILES string of the molecule is CN(C)C(c1ccccc1Cl)C1CCCCC1=O.Cl. The van der Waals surface area contributed by atoms with Gasteiger partial charge in [-0.15, -0.1) is 12.4 Å². The third-order valence-electron chi connectivity index (χ3n) is 3.76. The summed E-state index contributed by atoms with van der Waals surface area (Å²) in [5.41, 5.74) is 1.07. The fourth-order valence-electron chi connectivity index (χ4n) is 2.91. The fraction of sp³-hybridized carbons (Fsp3) is 0.533. The van der Waals surface area contributed by atoms with E-state index in [9.17, 15) is 4.79 Å². The Morgan fingerprint density at radius 3 is 2.53 bits per heavy atom. The van der Waals surface area contributed by atoms with Gasteiger partial charge in [-0.1, -0.05) is 36.2 Å². The van der Waals surface area contributed by atoms with E-state index in [0.29, 0.717) is 5.78 Å². The van der Waals surface area contributed by atoms with E-state index in [4.69, 9.17) is 11.6 Å². The van der Waals surface area contributed by atoms with Gasteiger partial charge in [0.1, 0.15) is 5.78 Å². The third kappa shape index (κ3) is 3.71. The molecule has 1 aromatic carbocycles. The van der Waals surface area contributed by atoms with Gasteiger partial charge >= 0.3 is 0 Å². The molecule has 0 heterocycles. The minimum Gasteiger partial charge on any atom is -0.302 e. The maximum atomic E-state index is 12.2. The van der Waals surface area contributed by atoms with Crippen LogP contribution in [0, 0.1) is 5.92 Å². The van der Waals surface area contributed by atoms with Crippen LogP contribution < -0.4 is 0 Å². The Hall–Kier alpha value is -0.570. The lowest BCUT2D eigenvalue weighted by Crippen LogP contribution is -2.34. The molecule has 2 unspecified atom stereocenters. The molecule has 0 aromatic heterocycles. The van der Waals surface area contributed by atoms with Crippen molar-refractivity contribution in [1.82, 2.24) is 4.90 Å². The van der Waals surface area contributed by atoms with Crippen molar-refractivity contribution in [2.75, 3.05) is 14.1 Å². The van der Waals surface area contributed by atoms with Crippen molar-refractivity contribution in [3.05, 3.63) is 34.9 Å². The molecule has 2 nitrogen and oxygen atoms in total. The highest BCUT2D eigenvalue weighted by Crippen LogP contribution is 2.37. The van der Waals surface area contributed by atoms with E-state index in [0.717, 1.165) is 36.3 Å². The topological polar surface area (TPSA) is 20.3 Å². The van der Waals surface area contributed by atoms with Crippen LogP contribution in [0.4, 0.5) is 0 Å². The van der Waals surface area contributed by atoms with Crippen LogP contribution in [0.3, 0.4) is 0 Å². The molecule has 1 aliphatic rings. The first-order chi connectivity index (χ1) is 8.61. The molecule has 2 atom stereocenters. The number of hydrogen-bond donors (Lipinski definition) is 0. The van der Waals surface area contributed by atoms with E-state index in [-0.39, 0.29) is 24.4 Å². The number of benzene rings is 1. The van der Waals surface area contributed by atoms with Gasteiger partial charge in [0.15, 0.2) is 0 Å². The Morgan fingerprint density at radius 2 is 1.95 bits per heavy atom. The molecule has 1 aromatic rings. The van der Waals surface area contributed by atoms with Gasteiger partial charge in [0.2, 0.25) is 0 Å². The molecule has 2 rings (SSSR count). The monoisotopic (exact) mass is 301 g/mol. The largest absolute Gasteiger partial charge is 0.302 e. The quantitative estimate of drug-likeness (QED) is 0.837. The van der Waals surface area contributed by atoms with Crippen LogP contribution >= 0.6 is 24.0 Å². The van der Waals surface area contributed by atoms with Gasteiger partial charge in [0.05, 0.1) is 0 Å². The van der Waals surface area contributed by atoms with E-state index >= 15 is 0 Å². The summed E-state index contributed by atoms with van der Waals surface area (Å²) in [5, 5.41) is 0.759. The second-order valence-electron chi connectivity index (χ2n) is 5.25. The van der Waals surface area contributed by atoms with Crippen LogP contribution in [0.5, 0.6) is 0 Å². The molecule has 0 aliphatic heterocycles. The molecule has 1 aliphatic carbocycles. The lowest BCUT2D eigenvalue weighted by Gasteiger charge is -2.34. The summed E-state index contributed by atoms with van der Waals surface area (Å²) in [4.78, 5) is 14.3. The van der Waals surface area contributed by atoms with Crippen molar-refractivity contribution in [3.8, 4) is 0 Å². The van der Waals surface area contributed by atoms with Gasteiger partial charge in [-0.25, -0.2) is 0 Å². The Labute approximate surface area is 126 Å². The minimum atomic E-state index is 0. The van der Waals surface area contributed by atoms with E-state index in [2.05, 4.69) is 4.90 Å². The summed E-state index contributed by atoms with van der Waals surface area (Å²) in [6.07, 6.45) is 3.88. The standard InChI is InChI=1S/C15H20ClNO.ClH/c1-17(2)15(11-7-3-5-9-13(11)16)12-8-4-6-10-14(12)18;/h3,5,7,9,12,15H,4,6,8,10H2,1-2H3;1H. The molecule has 4 heteroatoms. The predicted octanol–water partition coefficient (Wildman–Crippen LogP) is 4.12. The van der Waals surface area contributed by atoms with Crippen molar-refractivity contribution in [1.29, 1.82) is 0 Å². The summed E-state index contributed by atoms with van der Waals surface area (Å²) in [6, 6.07) is 7.97. The molecule has 0 radical (unpaired) electrons. The van der Waals surface area contributed by atoms with Crippen molar-refractivity contribution in [2.45, 2.75) is 31.7 Å². The molecule has 1 fully saturated rings. The number of hydrogen-bond acceptors (Lipinski definition) is 2. The molecule has 1 saturated carbocycles. The van der Waals surface area contributed by atoms with Gasteiger partial charge in [-0.05, 0) is 38.6 Å². The molecule has 0 bridgehead atoms. The van der Waals surface area contributed by atoms with Crippen LogP contribution in [0.1, 0.15) is 37.3 Å². The Kier molecular flexibility index (Phi) is 6.31. The Balaban J connectivity index is 0.00000180. The number of ketones is 1. The van der Waals surface area contributed by atoms with Crippen molar-refractivity contribution in [2.24, 2.45) is 5.92 Å². The van der Waals surface area contributed by atoms with Crippen LogP contribution in [0.2, 0.25) is 5.02 Å². The van der Waals surface area contributed by atoms with Crippen LogP contribution in [-0.2, 0) is 4.79 Å². The zero-order valence-corrected chi connectivity index (χ0v) is 13.0. The number of rotatable bonds is 3. The smallest absolute Gasteiger partial charge is 0.137 e. The van der Waals surface area contributed by atoms with Crippen LogP contribution in [0.25, 0.3) is 0 Å². The summed E-state index contributed by atoms with van der Waals surface area (Å²) in [7, 11) is 4.05. The van der Waals surface area contributed by atoms with E-state index in [1.54, 1.807) is 0 Å². The molecule has 0 spiro atoms. The summed E-state index contributed by atoms with van der Waals surface area (Å²) in [5.74, 6) is 0.480. The summed E-state index contributed by atoms with van der Waals surface area (Å²) in [6.45, 7) is 0. The van der Waals surface area contributed by atoms with Crippen molar-refractivity contribution < 1.29 is 4.79 Å². The lowest BCUT2D eigenvalue weighted by molar-refractivity contribution is -0.126. The summed E-state index contributed by atoms with van der Waals surface area (Å²) >= 11 is 6.29. The summed E-state index contributed by atoms with van der Waals surface area (Å²) < 4.78 is 0. The molecular formula is C15H21Cl2NO. The Bertz CT molecular complexity index is 434. The number of halogens is 2. The molecule has 0 N–H and O–H groups in total. The predicted molar refractivity (Wildman–Crippen MR) is 82.1 cm³/mol. The Morgan fingerprint density at radius 1 is 1.26 bits per heavy atom. The number of Topliss-reactive ketones (excluding diaryl/α,β-unsaturated/α-hetero) is 1. The second-order valence-corrected chi connectivity index (χ2v) is 5.66. The maximum Gasteiger partial charge on any atom is 0.137 e. The second kappa shape index (κ2) is 7.28. The first-order valence-electron chi connectivity index (χ1n) is 6.55. The average Bonchev–Trinajstić information content (AvgIpc) is 2.34. The molecule has 19 heavy (non-hydrogen) atoms. The molecular weight excluding hydrogens is 281 g/mol. The molecule has 106 valence electrons. The van der Waals surface area contributed by atoms with Gasteiger partial charge in [0.25, 0.3) is 0 Å². The number of nitrogens with zero attached hydrogens (tertiary/aromatic N) is 1. The first-order valence-corrected chi connectivity index (χ1v) is 6.92. The normalized spacial score (nSPS) is 21.1. The van der Waals surface area contributed by atoms with Crippen molar-refractivity contribution in [3.63, 3.8) is 0 Å². The minimum absolute atomic E-state index is 0. The van der Waals surface area contributed by atoms with E-state index in [1.807, 2.05) is 38.4 Å². The van der Waals surface area contributed by atoms with Gasteiger partial charge in [0, 0.05) is 23.4 Å². The van der Waals surface area contributed by atoms with Crippen LogP contribution in [0.15, 0.2) is 24.3 Å². The van der Waals surface area contributed by atoms with Gasteiger partial charge in [-0.3, -0.25) is 4.79 Å². The number of carbonyl (C=O) groups is 1. The number of carbonyl (C=O) groups excluding carboxylic acids is 1. The zero-order chi connectivity index (χ0) is 13.1. The first kappa shape index (κ1) is 16.5. The lowest BCUT2D eigenvalue weighted by atomic mass is 9.79. The third-order valence-corrected chi connectivity index (χ3v) is 4.11. The van der Waals surface area contributed by atoms with Gasteiger partial charge in [-0.2, -0.15) is 0 Å². The highest BCUT2D eigenvalue weighted by atomic mass is 35.5. The van der Waals surface area contributed by atoms with Crippen LogP contribution in [-0.4, -0.2) is 24.8 Å². The molecule has 0 saturated heterocycles. The highest BCUT2D eigenvalue weighted by Gasteiger charge is 2.33. The average molecular weight is 302 g/mol. The molecule has 0 amide bonds. The highest BCUT2D eigenvalue weighted by molar-refractivity contribution is 6.31. The zero-order valence-electron chi connectivity index (χ0n) is 11.4.